The molecule has 1 aliphatic carbocycles. The van der Waals surface area contributed by atoms with Crippen LogP contribution in [0.2, 0.25) is 0 Å². The maximum absolute atomic E-state index is 13.4. The van der Waals surface area contributed by atoms with Crippen molar-refractivity contribution in [3.63, 3.8) is 0 Å². The number of guanidine groups is 1. The van der Waals surface area contributed by atoms with Gasteiger partial charge < -0.3 is 15.4 Å². The maximum Gasteiger partial charge on any atom is 0.224 e. The molecule has 8 heteroatoms. The van der Waals surface area contributed by atoms with Crippen LogP contribution in [0, 0.1) is 5.82 Å². The third kappa shape index (κ3) is 6.26. The molecule has 0 bridgehead atoms. The van der Waals surface area contributed by atoms with Crippen molar-refractivity contribution >= 4 is 16.8 Å². The lowest BCUT2D eigenvalue weighted by molar-refractivity contribution is 0.413. The van der Waals surface area contributed by atoms with Gasteiger partial charge in [0.1, 0.15) is 11.6 Å². The van der Waals surface area contributed by atoms with Crippen LogP contribution < -0.4 is 15.4 Å². The molecule has 30 heavy (non-hydrogen) atoms. The van der Waals surface area contributed by atoms with Crippen molar-refractivity contribution in [3.05, 3.63) is 54.0 Å². The lowest BCUT2D eigenvalue weighted by Crippen LogP contribution is -2.46. The van der Waals surface area contributed by atoms with Crippen LogP contribution in [-0.2, 0) is 17.3 Å². The van der Waals surface area contributed by atoms with Crippen LogP contribution in [0.1, 0.15) is 38.2 Å². The predicted molar refractivity (Wildman–Crippen MR) is 119 cm³/mol. The van der Waals surface area contributed by atoms with E-state index < -0.39 is 10.8 Å². The fourth-order valence-electron chi connectivity index (χ4n) is 3.61. The molecular weight excluding hydrogens is 403 g/mol. The van der Waals surface area contributed by atoms with E-state index in [2.05, 4.69) is 20.6 Å². The Labute approximate surface area is 179 Å². The number of pyridine rings is 1. The largest absolute Gasteiger partial charge is 0.439 e. The number of aliphatic imine (C=N–C) groups is 1. The van der Waals surface area contributed by atoms with Gasteiger partial charge in [-0.25, -0.2) is 9.37 Å². The van der Waals surface area contributed by atoms with Crippen molar-refractivity contribution in [3.8, 4) is 11.6 Å². The summed E-state index contributed by atoms with van der Waals surface area (Å²) in [6.07, 6.45) is 5.67. The molecule has 3 atom stereocenters. The first-order valence-electron chi connectivity index (χ1n) is 10.3. The fourth-order valence-corrected chi connectivity index (χ4v) is 4.96. The highest BCUT2D eigenvalue weighted by molar-refractivity contribution is 7.85. The molecule has 1 aromatic heterocycles. The van der Waals surface area contributed by atoms with Gasteiger partial charge in [0.2, 0.25) is 5.88 Å². The molecule has 2 aromatic rings. The average molecular weight is 433 g/mol. The molecule has 3 unspecified atom stereocenters. The number of hydrogen-bond donors (Lipinski definition) is 2. The number of ether oxygens (including phenoxy) is 1. The van der Waals surface area contributed by atoms with Crippen molar-refractivity contribution in [2.45, 2.75) is 50.4 Å². The minimum absolute atomic E-state index is 0.252. The van der Waals surface area contributed by atoms with E-state index in [0.29, 0.717) is 29.9 Å². The Kier molecular flexibility index (Phi) is 8.19. The lowest BCUT2D eigenvalue weighted by Gasteiger charge is -2.30. The van der Waals surface area contributed by atoms with Crippen LogP contribution in [0.4, 0.5) is 4.39 Å². The van der Waals surface area contributed by atoms with E-state index in [1.54, 1.807) is 25.4 Å². The first-order valence-corrected chi connectivity index (χ1v) is 11.7. The van der Waals surface area contributed by atoms with Gasteiger partial charge in [-0.05, 0) is 37.5 Å². The van der Waals surface area contributed by atoms with Gasteiger partial charge in [-0.3, -0.25) is 9.20 Å². The summed E-state index contributed by atoms with van der Waals surface area (Å²) in [6, 6.07) is 9.97. The Morgan fingerprint density at radius 3 is 2.97 bits per heavy atom. The molecule has 0 aliphatic heterocycles. The molecule has 1 fully saturated rings. The number of halogens is 1. The van der Waals surface area contributed by atoms with E-state index in [4.69, 9.17) is 4.74 Å². The van der Waals surface area contributed by atoms with Crippen molar-refractivity contribution in [2.24, 2.45) is 4.99 Å². The summed E-state index contributed by atoms with van der Waals surface area (Å²) in [7, 11) is 0.969. The van der Waals surface area contributed by atoms with Gasteiger partial charge in [0, 0.05) is 59.3 Å². The Balaban J connectivity index is 1.59. The molecule has 1 aromatic carbocycles. The second-order valence-electron chi connectivity index (χ2n) is 7.25. The number of nitrogens with one attached hydrogen (secondary N) is 2. The summed E-state index contributed by atoms with van der Waals surface area (Å²) in [5.74, 6) is 1.85. The van der Waals surface area contributed by atoms with Gasteiger partial charge in [-0.1, -0.05) is 25.5 Å². The topological polar surface area (TPSA) is 75.6 Å². The monoisotopic (exact) mass is 432 g/mol. The molecule has 1 saturated carbocycles. The number of nitrogens with zero attached hydrogens (tertiary/aromatic N) is 2. The smallest absolute Gasteiger partial charge is 0.224 e. The van der Waals surface area contributed by atoms with Gasteiger partial charge in [0.25, 0.3) is 0 Å². The zero-order valence-corrected chi connectivity index (χ0v) is 18.3. The van der Waals surface area contributed by atoms with Gasteiger partial charge in [0.15, 0.2) is 5.96 Å². The summed E-state index contributed by atoms with van der Waals surface area (Å²) < 4.78 is 31.4. The van der Waals surface area contributed by atoms with Gasteiger partial charge in [-0.15, -0.1) is 0 Å². The lowest BCUT2D eigenvalue weighted by atomic mass is 9.95. The summed E-state index contributed by atoms with van der Waals surface area (Å²) in [5, 5.41) is 7.01. The molecule has 0 saturated heterocycles. The fraction of sp³-hybridized carbons (Fsp3) is 0.455. The molecule has 1 aliphatic rings. The van der Waals surface area contributed by atoms with Gasteiger partial charge >= 0.3 is 0 Å². The highest BCUT2D eigenvalue weighted by Gasteiger charge is 2.26. The van der Waals surface area contributed by atoms with Crippen molar-refractivity contribution < 1.29 is 13.3 Å². The molecule has 0 radical (unpaired) electrons. The molecule has 1 heterocycles. The standard InChI is InChI=1S/C22H29FN4O2S/c1-3-30(28)20-11-5-9-18(14-20)27-22(24-2)26-15-16-7-6-12-25-21(16)29-19-10-4-8-17(23)13-19/h4,6-8,10,12-13,18,20H,3,5,9,11,14-15H2,1-2H3,(H2,24,26,27). The molecular formula is C22H29FN4O2S. The Morgan fingerprint density at radius 2 is 2.20 bits per heavy atom. The molecule has 0 amide bonds. The molecule has 3 rings (SSSR count). The van der Waals surface area contributed by atoms with E-state index in [1.165, 1.54) is 12.1 Å². The first-order chi connectivity index (χ1) is 14.6. The molecule has 0 spiro atoms. The highest BCUT2D eigenvalue weighted by atomic mass is 32.2. The molecule has 6 nitrogen and oxygen atoms in total. The summed E-state index contributed by atoms with van der Waals surface area (Å²) >= 11 is 0. The molecule has 2 N–H and O–H groups in total. The van der Waals surface area contributed by atoms with E-state index in [-0.39, 0.29) is 17.1 Å². The zero-order chi connectivity index (χ0) is 21.3. The minimum Gasteiger partial charge on any atom is -0.439 e. The third-order valence-electron chi connectivity index (χ3n) is 5.15. The predicted octanol–water partition coefficient (Wildman–Crippen LogP) is 3.76. The zero-order valence-electron chi connectivity index (χ0n) is 17.4. The maximum atomic E-state index is 13.4. The van der Waals surface area contributed by atoms with Crippen LogP contribution in [-0.4, -0.2) is 39.2 Å². The van der Waals surface area contributed by atoms with Crippen LogP contribution in [0.5, 0.6) is 11.6 Å². The number of rotatable bonds is 7. The van der Waals surface area contributed by atoms with Crippen LogP contribution in [0.3, 0.4) is 0 Å². The van der Waals surface area contributed by atoms with Gasteiger partial charge in [-0.2, -0.15) is 0 Å². The SMILES string of the molecule is CCS(=O)C1CCCC(NC(=NC)NCc2cccnc2Oc2cccc(F)c2)C1. The first kappa shape index (κ1) is 22.2. The van der Waals surface area contributed by atoms with Crippen LogP contribution in [0.15, 0.2) is 47.6 Å². The number of aromatic nitrogens is 1. The quantitative estimate of drug-likeness (QED) is 0.515. The summed E-state index contributed by atoms with van der Waals surface area (Å²) in [6.45, 7) is 2.43. The second kappa shape index (κ2) is 11.1. The van der Waals surface area contributed by atoms with Crippen LogP contribution in [0.25, 0.3) is 0 Å². The number of hydrogen-bond acceptors (Lipinski definition) is 4. The Hall–Kier alpha value is -2.48. The second-order valence-corrected chi connectivity index (χ2v) is 9.26. The normalized spacial score (nSPS) is 20.4. The van der Waals surface area contributed by atoms with E-state index in [1.807, 2.05) is 19.1 Å². The Bertz CT molecular complexity index is 893. The summed E-state index contributed by atoms with van der Waals surface area (Å²) in [4.78, 5) is 8.60. The van der Waals surface area contributed by atoms with Crippen molar-refractivity contribution in [1.82, 2.24) is 15.6 Å². The van der Waals surface area contributed by atoms with Gasteiger partial charge in [0.05, 0.1) is 0 Å². The van der Waals surface area contributed by atoms with Crippen molar-refractivity contribution in [1.29, 1.82) is 0 Å². The van der Waals surface area contributed by atoms with Crippen LogP contribution >= 0.6 is 0 Å². The Morgan fingerprint density at radius 1 is 1.33 bits per heavy atom. The minimum atomic E-state index is -0.760. The molecule has 162 valence electrons. The average Bonchev–Trinajstić information content (AvgIpc) is 2.77. The number of benzene rings is 1. The third-order valence-corrected chi connectivity index (χ3v) is 6.89. The summed E-state index contributed by atoms with van der Waals surface area (Å²) in [5.41, 5.74) is 0.832. The van der Waals surface area contributed by atoms with E-state index in [9.17, 15) is 8.60 Å². The highest BCUT2D eigenvalue weighted by Crippen LogP contribution is 2.24. The van der Waals surface area contributed by atoms with E-state index >= 15 is 0 Å². The van der Waals surface area contributed by atoms with E-state index in [0.717, 1.165) is 31.2 Å². The van der Waals surface area contributed by atoms with Crippen molar-refractivity contribution in [2.75, 3.05) is 12.8 Å².